The van der Waals surface area contributed by atoms with E-state index < -0.39 is 0 Å². The number of nitrogens with zero attached hydrogens (tertiary/aromatic N) is 1. The van der Waals surface area contributed by atoms with Gasteiger partial charge < -0.3 is 4.74 Å². The van der Waals surface area contributed by atoms with Crippen LogP contribution in [0.5, 0.6) is 0 Å². The van der Waals surface area contributed by atoms with Crippen molar-refractivity contribution in [3.05, 3.63) is 30.1 Å². The molecule has 0 saturated carbocycles. The molecule has 0 aromatic carbocycles. The minimum Gasteiger partial charge on any atom is -0.465 e. The summed E-state index contributed by atoms with van der Waals surface area (Å²) >= 11 is 8.53. The fourth-order valence-corrected chi connectivity index (χ4v) is 0.601. The largest absolute Gasteiger partial charge is 0.465 e. The van der Waals surface area contributed by atoms with E-state index in [2.05, 4.69) is 37.3 Å². The molecule has 0 saturated heterocycles. The maximum atomic E-state index is 10.8. The van der Waals surface area contributed by atoms with Crippen molar-refractivity contribution < 1.29 is 13.4 Å². The molecule has 0 spiro atoms. The summed E-state index contributed by atoms with van der Waals surface area (Å²) in [6.07, 6.45) is 3.07. The molecule has 14 heavy (non-hydrogen) atoms. The first kappa shape index (κ1) is 16.1. The van der Waals surface area contributed by atoms with Crippen LogP contribution in [0.4, 0.5) is 0 Å². The van der Waals surface area contributed by atoms with Crippen molar-refractivity contribution >= 4 is 46.8 Å². The number of halogens is 2. The molecular formula is C7H7Cl2NO3Se. The van der Waals surface area contributed by atoms with Crippen LogP contribution < -0.4 is 0 Å². The Kier molecular flexibility index (Phi) is 12.4. The summed E-state index contributed by atoms with van der Waals surface area (Å²) in [6, 6.07) is 3.34. The third-order valence-electron chi connectivity index (χ3n) is 1.08. The van der Waals surface area contributed by atoms with Crippen LogP contribution in [0.15, 0.2) is 24.5 Å². The van der Waals surface area contributed by atoms with Crippen molar-refractivity contribution in [3.63, 3.8) is 0 Å². The first-order chi connectivity index (χ1) is 6.26. The normalized spacial score (nSPS) is 7.64. The molecule has 0 N–H and O–H groups in total. The van der Waals surface area contributed by atoms with E-state index >= 15 is 0 Å². The van der Waals surface area contributed by atoms with Crippen LogP contribution in [0.2, 0.25) is 0 Å². The van der Waals surface area contributed by atoms with Gasteiger partial charge in [0.15, 0.2) is 0 Å². The molecule has 0 fully saturated rings. The van der Waals surface area contributed by atoms with Crippen molar-refractivity contribution in [2.45, 2.75) is 0 Å². The maximum Gasteiger partial charge on any atom is 0.339 e. The second kappa shape index (κ2) is 10.8. The van der Waals surface area contributed by atoms with Crippen LogP contribution in [0.3, 0.4) is 0 Å². The maximum absolute atomic E-state index is 10.8. The topological polar surface area (TPSA) is 48.4 Å². The Hall–Kier alpha value is -0.321. The Morgan fingerprint density at radius 2 is 2.07 bits per heavy atom. The summed E-state index contributed by atoms with van der Waals surface area (Å²) < 4.78 is 7.65. The smallest absolute Gasteiger partial charge is 0.339 e. The van der Waals surface area contributed by atoms with E-state index in [1.54, 1.807) is 18.3 Å². The molecule has 7 heteroatoms. The summed E-state index contributed by atoms with van der Waals surface area (Å²) in [4.78, 5) is 14.5. The molecule has 1 aromatic rings. The number of esters is 1. The molecule has 0 unspecified atom stereocenters. The van der Waals surface area contributed by atoms with Crippen molar-refractivity contribution in [3.8, 4) is 0 Å². The van der Waals surface area contributed by atoms with Gasteiger partial charge in [-0.2, -0.15) is 3.84 Å². The average molecular weight is 303 g/mol. The monoisotopic (exact) mass is 303 g/mol. The Labute approximate surface area is 102 Å². The summed E-state index contributed by atoms with van der Waals surface area (Å²) in [5, 5.41) is 0. The van der Waals surface area contributed by atoms with E-state index in [0.29, 0.717) is 5.56 Å². The molecule has 78 valence electrons. The number of pyridine rings is 1. The zero-order valence-corrected chi connectivity index (χ0v) is 10.4. The first-order valence-corrected chi connectivity index (χ1v) is 3.75. The van der Waals surface area contributed by atoms with E-state index in [-0.39, 0.29) is 23.0 Å². The number of hydrogen-bond acceptors (Lipinski definition) is 4. The fourth-order valence-electron chi connectivity index (χ4n) is 0.601. The average Bonchev–Trinajstić information content (AvgIpc) is 2.19. The third-order valence-corrected chi connectivity index (χ3v) is 1.08. The SMILES string of the molecule is COC(=O)c1cccnc1.ClOCl.[Se]. The van der Waals surface area contributed by atoms with Gasteiger partial charge in [0.05, 0.1) is 36.4 Å². The number of carbonyl (C=O) groups excluding carboxylic acids is 1. The van der Waals surface area contributed by atoms with E-state index in [9.17, 15) is 4.79 Å². The quantitative estimate of drug-likeness (QED) is 0.586. The van der Waals surface area contributed by atoms with Gasteiger partial charge in [0.1, 0.15) is 0 Å². The molecular weight excluding hydrogens is 296 g/mol. The second-order valence-electron chi connectivity index (χ2n) is 1.79. The zero-order valence-electron chi connectivity index (χ0n) is 7.15. The van der Waals surface area contributed by atoms with Crippen LogP contribution >= 0.6 is 23.7 Å². The number of ether oxygens (including phenoxy) is 1. The molecule has 2 radical (unpaired) electrons. The van der Waals surface area contributed by atoms with Crippen LogP contribution in [0.25, 0.3) is 0 Å². The summed E-state index contributed by atoms with van der Waals surface area (Å²) in [6.45, 7) is 0. The molecule has 0 amide bonds. The van der Waals surface area contributed by atoms with Crippen LogP contribution in [0, 0.1) is 0 Å². The number of methoxy groups -OCH3 is 1. The number of carbonyl (C=O) groups is 1. The Bertz CT molecular complexity index is 248. The van der Waals surface area contributed by atoms with Crippen molar-refractivity contribution in [2.75, 3.05) is 7.11 Å². The number of hydrogen-bond donors (Lipinski definition) is 0. The van der Waals surface area contributed by atoms with E-state index in [0.717, 1.165) is 0 Å². The Morgan fingerprint density at radius 3 is 2.43 bits per heavy atom. The second-order valence-corrected chi connectivity index (χ2v) is 2.26. The third kappa shape index (κ3) is 7.12. The first-order valence-electron chi connectivity index (χ1n) is 3.14. The van der Waals surface area contributed by atoms with Gasteiger partial charge in [-0.3, -0.25) is 4.98 Å². The van der Waals surface area contributed by atoms with E-state index in [4.69, 9.17) is 0 Å². The number of rotatable bonds is 1. The van der Waals surface area contributed by atoms with E-state index in [1.807, 2.05) is 0 Å². The van der Waals surface area contributed by atoms with Gasteiger partial charge in [-0.25, -0.2) is 4.79 Å². The molecule has 1 rings (SSSR count). The van der Waals surface area contributed by atoms with E-state index in [1.165, 1.54) is 13.3 Å². The Balaban J connectivity index is 0. The van der Waals surface area contributed by atoms with Gasteiger partial charge in [-0.15, -0.1) is 0 Å². The molecule has 4 nitrogen and oxygen atoms in total. The molecule has 0 aliphatic carbocycles. The minimum atomic E-state index is -0.354. The Morgan fingerprint density at radius 1 is 1.50 bits per heavy atom. The van der Waals surface area contributed by atoms with Gasteiger partial charge in [-0.1, -0.05) is 0 Å². The van der Waals surface area contributed by atoms with Crippen LogP contribution in [0.1, 0.15) is 10.4 Å². The molecule has 0 bridgehead atoms. The summed E-state index contributed by atoms with van der Waals surface area (Å²) in [5.74, 6) is -0.354. The predicted molar refractivity (Wildman–Crippen MR) is 54.1 cm³/mol. The van der Waals surface area contributed by atoms with Gasteiger partial charge in [0, 0.05) is 29.5 Å². The van der Waals surface area contributed by atoms with Gasteiger partial charge in [0.25, 0.3) is 0 Å². The van der Waals surface area contributed by atoms with Gasteiger partial charge in [-0.05, 0) is 12.1 Å². The van der Waals surface area contributed by atoms with Crippen molar-refractivity contribution in [1.82, 2.24) is 4.98 Å². The van der Waals surface area contributed by atoms with Crippen LogP contribution in [-0.4, -0.2) is 35.1 Å². The summed E-state index contributed by atoms with van der Waals surface area (Å²) in [5.41, 5.74) is 0.477. The molecule has 1 aromatic heterocycles. The van der Waals surface area contributed by atoms with Crippen LogP contribution in [-0.2, 0) is 8.58 Å². The molecule has 0 aliphatic heterocycles. The standard InChI is InChI=1S/C7H7NO2.Cl2O.Se/c1-10-7(9)6-3-2-4-8-5-6;1-3-2;/h2-5H,1H3;;. The minimum absolute atomic E-state index is 0. The number of aromatic nitrogens is 1. The van der Waals surface area contributed by atoms with Crippen molar-refractivity contribution in [1.29, 1.82) is 0 Å². The van der Waals surface area contributed by atoms with Gasteiger partial charge in [0.2, 0.25) is 0 Å². The molecule has 0 aliphatic rings. The predicted octanol–water partition coefficient (Wildman–Crippen LogP) is 1.80. The zero-order chi connectivity index (χ0) is 10.1. The van der Waals surface area contributed by atoms with Crippen molar-refractivity contribution in [2.24, 2.45) is 0 Å². The fraction of sp³-hybridized carbons (Fsp3) is 0.143. The van der Waals surface area contributed by atoms with Gasteiger partial charge >= 0.3 is 5.97 Å². The molecule has 0 atom stereocenters. The summed E-state index contributed by atoms with van der Waals surface area (Å²) in [7, 11) is 1.34. The molecule has 1 heterocycles.